The van der Waals surface area contributed by atoms with Crippen LogP contribution in [0.2, 0.25) is 0 Å². The SMILES string of the molecule is Nc1cccnc1C(=O)c1cncc(F)c1. The van der Waals surface area contributed by atoms with E-state index >= 15 is 0 Å². The smallest absolute Gasteiger partial charge is 0.215 e. The Balaban J connectivity index is 2.44. The second-order valence-corrected chi connectivity index (χ2v) is 3.16. The summed E-state index contributed by atoms with van der Waals surface area (Å²) in [6, 6.07) is 4.28. The van der Waals surface area contributed by atoms with Crippen LogP contribution in [-0.4, -0.2) is 15.8 Å². The summed E-state index contributed by atoms with van der Waals surface area (Å²) in [4.78, 5) is 19.3. The summed E-state index contributed by atoms with van der Waals surface area (Å²) in [7, 11) is 0. The van der Waals surface area contributed by atoms with Crippen molar-refractivity contribution in [3.05, 3.63) is 53.9 Å². The molecular weight excluding hydrogens is 209 g/mol. The number of nitrogens with zero attached hydrogens (tertiary/aromatic N) is 2. The first-order valence-corrected chi connectivity index (χ1v) is 4.54. The van der Waals surface area contributed by atoms with Crippen LogP contribution in [0.1, 0.15) is 16.1 Å². The Labute approximate surface area is 91.0 Å². The molecular formula is C11H8FN3O. The number of halogens is 1. The average molecular weight is 217 g/mol. The van der Waals surface area contributed by atoms with Gasteiger partial charge in [0.15, 0.2) is 0 Å². The van der Waals surface area contributed by atoms with Crippen molar-refractivity contribution in [3.63, 3.8) is 0 Å². The van der Waals surface area contributed by atoms with Gasteiger partial charge < -0.3 is 5.73 Å². The molecule has 0 saturated carbocycles. The number of anilines is 1. The van der Waals surface area contributed by atoms with Gasteiger partial charge in [-0.25, -0.2) is 4.39 Å². The topological polar surface area (TPSA) is 68.9 Å². The zero-order valence-electron chi connectivity index (χ0n) is 8.22. The third-order valence-electron chi connectivity index (χ3n) is 2.02. The van der Waals surface area contributed by atoms with Crippen LogP contribution in [0.25, 0.3) is 0 Å². The van der Waals surface area contributed by atoms with E-state index < -0.39 is 11.6 Å². The first kappa shape index (κ1) is 10.2. The molecule has 80 valence electrons. The number of aromatic nitrogens is 2. The molecule has 0 spiro atoms. The lowest BCUT2D eigenvalue weighted by molar-refractivity contribution is 0.103. The number of ketones is 1. The summed E-state index contributed by atoms with van der Waals surface area (Å²) in [5.41, 5.74) is 6.10. The van der Waals surface area contributed by atoms with Gasteiger partial charge in [-0.15, -0.1) is 0 Å². The van der Waals surface area contributed by atoms with Gasteiger partial charge in [-0.2, -0.15) is 0 Å². The molecule has 0 aromatic carbocycles. The lowest BCUT2D eigenvalue weighted by Crippen LogP contribution is -2.08. The van der Waals surface area contributed by atoms with Crippen LogP contribution in [0.3, 0.4) is 0 Å². The monoisotopic (exact) mass is 217 g/mol. The Morgan fingerprint density at radius 3 is 2.88 bits per heavy atom. The summed E-state index contributed by atoms with van der Waals surface area (Å²) in [5.74, 6) is -1.01. The maximum atomic E-state index is 12.9. The van der Waals surface area contributed by atoms with E-state index in [0.29, 0.717) is 0 Å². The van der Waals surface area contributed by atoms with E-state index in [0.717, 1.165) is 12.3 Å². The predicted octanol–water partition coefficient (Wildman–Crippen LogP) is 1.43. The Bertz CT molecular complexity index is 542. The molecule has 0 fully saturated rings. The van der Waals surface area contributed by atoms with Gasteiger partial charge in [0.25, 0.3) is 0 Å². The van der Waals surface area contributed by atoms with Gasteiger partial charge in [0, 0.05) is 18.0 Å². The highest BCUT2D eigenvalue weighted by Gasteiger charge is 2.14. The normalized spacial score (nSPS) is 10.1. The molecule has 0 aliphatic rings. The Morgan fingerprint density at radius 2 is 2.19 bits per heavy atom. The minimum Gasteiger partial charge on any atom is -0.397 e. The van der Waals surface area contributed by atoms with Gasteiger partial charge in [0.05, 0.1) is 11.9 Å². The number of nitrogens with two attached hydrogens (primary N) is 1. The van der Waals surface area contributed by atoms with Crippen molar-refractivity contribution in [1.29, 1.82) is 0 Å². The molecule has 0 saturated heterocycles. The van der Waals surface area contributed by atoms with Gasteiger partial charge in [-0.05, 0) is 18.2 Å². The van der Waals surface area contributed by atoms with Crippen LogP contribution in [0.4, 0.5) is 10.1 Å². The molecule has 0 atom stereocenters. The lowest BCUT2D eigenvalue weighted by atomic mass is 10.1. The van der Waals surface area contributed by atoms with E-state index in [4.69, 9.17) is 5.73 Å². The van der Waals surface area contributed by atoms with Crippen LogP contribution in [0.5, 0.6) is 0 Å². The van der Waals surface area contributed by atoms with E-state index in [-0.39, 0.29) is 16.9 Å². The van der Waals surface area contributed by atoms with E-state index in [9.17, 15) is 9.18 Å². The van der Waals surface area contributed by atoms with Crippen LogP contribution in [0, 0.1) is 5.82 Å². The van der Waals surface area contributed by atoms with E-state index in [1.165, 1.54) is 12.4 Å². The molecule has 0 unspecified atom stereocenters. The summed E-state index contributed by atoms with van der Waals surface area (Å²) in [6.45, 7) is 0. The maximum Gasteiger partial charge on any atom is 0.215 e. The fourth-order valence-electron chi connectivity index (χ4n) is 1.28. The number of pyridine rings is 2. The van der Waals surface area contributed by atoms with Crippen molar-refractivity contribution < 1.29 is 9.18 Å². The van der Waals surface area contributed by atoms with Crippen LogP contribution < -0.4 is 5.73 Å². The Morgan fingerprint density at radius 1 is 1.38 bits per heavy atom. The molecule has 4 nitrogen and oxygen atoms in total. The van der Waals surface area contributed by atoms with Crippen molar-refractivity contribution in [2.45, 2.75) is 0 Å². The molecule has 0 aliphatic heterocycles. The summed E-state index contributed by atoms with van der Waals surface area (Å²) in [5, 5.41) is 0. The van der Waals surface area contributed by atoms with Gasteiger partial charge in [0.1, 0.15) is 11.5 Å². The average Bonchev–Trinajstić information content (AvgIpc) is 2.29. The molecule has 2 N–H and O–H groups in total. The van der Waals surface area contributed by atoms with Crippen LogP contribution in [-0.2, 0) is 0 Å². The van der Waals surface area contributed by atoms with E-state index in [1.54, 1.807) is 12.1 Å². The summed E-state index contributed by atoms with van der Waals surface area (Å²) < 4.78 is 12.9. The Hall–Kier alpha value is -2.30. The fourth-order valence-corrected chi connectivity index (χ4v) is 1.28. The molecule has 5 heteroatoms. The molecule has 0 aliphatic carbocycles. The number of carbonyl (C=O) groups is 1. The maximum absolute atomic E-state index is 12.9. The third-order valence-corrected chi connectivity index (χ3v) is 2.02. The van der Waals surface area contributed by atoms with Crippen molar-refractivity contribution in [2.75, 3.05) is 5.73 Å². The van der Waals surface area contributed by atoms with Crippen LogP contribution >= 0.6 is 0 Å². The largest absolute Gasteiger partial charge is 0.397 e. The molecule has 2 aromatic heterocycles. The van der Waals surface area contributed by atoms with Gasteiger partial charge in [0.2, 0.25) is 5.78 Å². The van der Waals surface area contributed by atoms with E-state index in [2.05, 4.69) is 9.97 Å². The summed E-state index contributed by atoms with van der Waals surface area (Å²) in [6.07, 6.45) is 3.76. The highest BCUT2D eigenvalue weighted by atomic mass is 19.1. The molecule has 0 amide bonds. The zero-order chi connectivity index (χ0) is 11.5. The third kappa shape index (κ3) is 1.88. The highest BCUT2D eigenvalue weighted by Crippen LogP contribution is 2.13. The van der Waals surface area contributed by atoms with Crippen molar-refractivity contribution in [2.24, 2.45) is 0 Å². The molecule has 2 heterocycles. The number of hydrogen-bond acceptors (Lipinski definition) is 4. The molecule has 2 rings (SSSR count). The molecule has 0 bridgehead atoms. The van der Waals surface area contributed by atoms with Gasteiger partial charge in [-0.3, -0.25) is 14.8 Å². The van der Waals surface area contributed by atoms with Crippen molar-refractivity contribution >= 4 is 11.5 Å². The van der Waals surface area contributed by atoms with E-state index in [1.807, 2.05) is 0 Å². The number of hydrogen-bond donors (Lipinski definition) is 1. The minimum absolute atomic E-state index is 0.106. The fraction of sp³-hybridized carbons (Fsp3) is 0. The quantitative estimate of drug-likeness (QED) is 0.772. The van der Waals surface area contributed by atoms with Gasteiger partial charge >= 0.3 is 0 Å². The Kier molecular flexibility index (Phi) is 2.59. The zero-order valence-corrected chi connectivity index (χ0v) is 8.22. The van der Waals surface area contributed by atoms with Crippen molar-refractivity contribution in [1.82, 2.24) is 9.97 Å². The molecule has 16 heavy (non-hydrogen) atoms. The standard InChI is InChI=1S/C11H8FN3O/c12-8-4-7(5-14-6-8)11(16)10-9(13)2-1-3-15-10/h1-6H,13H2. The molecule has 0 radical (unpaired) electrons. The minimum atomic E-state index is -0.569. The lowest BCUT2D eigenvalue weighted by Gasteiger charge is -2.02. The molecule has 2 aromatic rings. The van der Waals surface area contributed by atoms with Gasteiger partial charge in [-0.1, -0.05) is 0 Å². The first-order chi connectivity index (χ1) is 7.68. The predicted molar refractivity (Wildman–Crippen MR) is 56.3 cm³/mol. The van der Waals surface area contributed by atoms with Crippen molar-refractivity contribution in [3.8, 4) is 0 Å². The second kappa shape index (κ2) is 4.06. The first-order valence-electron chi connectivity index (χ1n) is 4.54. The summed E-state index contributed by atoms with van der Waals surface area (Å²) >= 11 is 0. The van der Waals surface area contributed by atoms with Crippen LogP contribution in [0.15, 0.2) is 36.8 Å². The highest BCUT2D eigenvalue weighted by molar-refractivity contribution is 6.10. The number of rotatable bonds is 2. The number of nitrogen functional groups attached to an aromatic ring is 1. The second-order valence-electron chi connectivity index (χ2n) is 3.16. The number of carbonyl (C=O) groups excluding carboxylic acids is 1.